The number of carbonyl (C=O) groups is 1. The van der Waals surface area contributed by atoms with Crippen molar-refractivity contribution in [2.24, 2.45) is 7.05 Å². The molecule has 0 radical (unpaired) electrons. The predicted molar refractivity (Wildman–Crippen MR) is 76.9 cm³/mol. The zero-order valence-corrected chi connectivity index (χ0v) is 11.8. The first-order valence-electron chi connectivity index (χ1n) is 5.55. The Kier molecular flexibility index (Phi) is 4.01. The van der Waals surface area contributed by atoms with Crippen LogP contribution in [0.5, 0.6) is 0 Å². The van der Waals surface area contributed by atoms with E-state index in [9.17, 15) is 9.59 Å². The first-order valence-corrected chi connectivity index (χ1v) is 6.34. The smallest absolute Gasteiger partial charge is 0.271 e. The SMILES string of the molecule is Cn1cc(C(=O)NNc2cccc(Br)c2)ccc1=O. The van der Waals surface area contributed by atoms with E-state index in [-0.39, 0.29) is 11.5 Å². The Hall–Kier alpha value is -2.08. The van der Waals surface area contributed by atoms with Gasteiger partial charge in [-0.25, -0.2) is 0 Å². The quantitative estimate of drug-likeness (QED) is 0.849. The molecule has 1 aromatic carbocycles. The van der Waals surface area contributed by atoms with E-state index < -0.39 is 0 Å². The Morgan fingerprint density at radius 2 is 2.05 bits per heavy atom. The van der Waals surface area contributed by atoms with Gasteiger partial charge in [-0.05, 0) is 24.3 Å². The van der Waals surface area contributed by atoms with Crippen LogP contribution < -0.4 is 16.4 Å². The van der Waals surface area contributed by atoms with Gasteiger partial charge >= 0.3 is 0 Å². The van der Waals surface area contributed by atoms with Crippen LogP contribution in [-0.4, -0.2) is 10.5 Å². The number of hydrogen-bond acceptors (Lipinski definition) is 3. The molecule has 0 fully saturated rings. The van der Waals surface area contributed by atoms with Crippen molar-refractivity contribution in [1.82, 2.24) is 9.99 Å². The van der Waals surface area contributed by atoms with Gasteiger partial charge in [0.05, 0.1) is 11.3 Å². The molecule has 0 unspecified atom stereocenters. The van der Waals surface area contributed by atoms with Crippen molar-refractivity contribution in [2.45, 2.75) is 0 Å². The third-order valence-electron chi connectivity index (χ3n) is 2.49. The molecule has 0 aliphatic carbocycles. The molecule has 1 heterocycles. The molecule has 98 valence electrons. The summed E-state index contributed by atoms with van der Waals surface area (Å²) in [5.41, 5.74) is 6.37. The van der Waals surface area contributed by atoms with Crippen LogP contribution in [0, 0.1) is 0 Å². The standard InChI is InChI=1S/C13H12BrN3O2/c1-17-8-9(5-6-12(17)18)13(19)16-15-11-4-2-3-10(14)7-11/h2-8,15H,1H3,(H,16,19). The summed E-state index contributed by atoms with van der Waals surface area (Å²) in [6.07, 6.45) is 1.49. The minimum Gasteiger partial charge on any atom is -0.318 e. The number of anilines is 1. The Morgan fingerprint density at radius 3 is 2.74 bits per heavy atom. The zero-order valence-electron chi connectivity index (χ0n) is 10.2. The predicted octanol–water partition coefficient (Wildman–Crippen LogP) is 1.90. The summed E-state index contributed by atoms with van der Waals surface area (Å²) in [5, 5.41) is 0. The third-order valence-corrected chi connectivity index (χ3v) is 2.99. The third kappa shape index (κ3) is 3.45. The molecule has 1 amide bonds. The fourth-order valence-corrected chi connectivity index (χ4v) is 1.89. The molecular formula is C13H12BrN3O2. The summed E-state index contributed by atoms with van der Waals surface area (Å²) in [6.45, 7) is 0. The van der Waals surface area contributed by atoms with Gasteiger partial charge in [-0.2, -0.15) is 0 Å². The van der Waals surface area contributed by atoms with Gasteiger partial charge in [-0.1, -0.05) is 22.0 Å². The van der Waals surface area contributed by atoms with E-state index in [0.29, 0.717) is 5.56 Å². The van der Waals surface area contributed by atoms with E-state index in [2.05, 4.69) is 26.8 Å². The Bertz CT molecular complexity index is 667. The first-order chi connectivity index (χ1) is 9.06. The van der Waals surface area contributed by atoms with E-state index in [0.717, 1.165) is 10.2 Å². The largest absolute Gasteiger partial charge is 0.318 e. The van der Waals surface area contributed by atoms with Crippen molar-refractivity contribution in [3.63, 3.8) is 0 Å². The van der Waals surface area contributed by atoms with E-state index in [1.165, 1.54) is 22.9 Å². The maximum absolute atomic E-state index is 11.9. The topological polar surface area (TPSA) is 63.1 Å². The van der Waals surface area contributed by atoms with Gasteiger partial charge in [0.2, 0.25) is 5.56 Å². The number of nitrogens with one attached hydrogen (secondary N) is 2. The first kappa shape index (κ1) is 13.4. The van der Waals surface area contributed by atoms with Crippen LogP contribution in [0.25, 0.3) is 0 Å². The maximum atomic E-state index is 11.9. The van der Waals surface area contributed by atoms with E-state index in [1.54, 1.807) is 7.05 Å². The number of rotatable bonds is 3. The molecular weight excluding hydrogens is 310 g/mol. The van der Waals surface area contributed by atoms with E-state index in [1.807, 2.05) is 24.3 Å². The van der Waals surface area contributed by atoms with Crippen LogP contribution in [0.15, 0.2) is 51.9 Å². The fourth-order valence-electron chi connectivity index (χ4n) is 1.50. The fraction of sp³-hybridized carbons (Fsp3) is 0.0769. The summed E-state index contributed by atoms with van der Waals surface area (Å²) in [4.78, 5) is 23.1. The highest BCUT2D eigenvalue weighted by Crippen LogP contribution is 2.14. The summed E-state index contributed by atoms with van der Waals surface area (Å²) in [5.74, 6) is -0.310. The second-order valence-electron chi connectivity index (χ2n) is 3.96. The number of aromatic nitrogens is 1. The number of pyridine rings is 1. The van der Waals surface area contributed by atoms with Gasteiger partial charge in [-0.15, -0.1) is 0 Å². The van der Waals surface area contributed by atoms with E-state index in [4.69, 9.17) is 0 Å². The van der Waals surface area contributed by atoms with Crippen LogP contribution in [0.3, 0.4) is 0 Å². The monoisotopic (exact) mass is 321 g/mol. The molecule has 5 nitrogen and oxygen atoms in total. The summed E-state index contributed by atoms with van der Waals surface area (Å²) in [7, 11) is 1.60. The van der Waals surface area contributed by atoms with Gasteiger partial charge < -0.3 is 4.57 Å². The number of nitrogens with zero attached hydrogens (tertiary/aromatic N) is 1. The molecule has 2 rings (SSSR count). The van der Waals surface area contributed by atoms with Crippen LogP contribution in [0.1, 0.15) is 10.4 Å². The van der Waals surface area contributed by atoms with E-state index >= 15 is 0 Å². The molecule has 0 saturated carbocycles. The molecule has 1 aromatic heterocycles. The van der Waals surface area contributed by atoms with Crippen molar-refractivity contribution in [1.29, 1.82) is 0 Å². The average molecular weight is 322 g/mol. The lowest BCUT2D eigenvalue weighted by Crippen LogP contribution is -2.30. The van der Waals surface area contributed by atoms with Crippen LogP contribution in [0.2, 0.25) is 0 Å². The molecule has 2 aromatic rings. The van der Waals surface area contributed by atoms with Crippen molar-refractivity contribution in [3.8, 4) is 0 Å². The van der Waals surface area contributed by atoms with Crippen molar-refractivity contribution in [2.75, 3.05) is 5.43 Å². The second kappa shape index (κ2) is 5.71. The lowest BCUT2D eigenvalue weighted by atomic mass is 10.3. The number of halogens is 1. The number of hydrogen-bond donors (Lipinski definition) is 2. The molecule has 0 saturated heterocycles. The number of hydrazine groups is 1. The number of benzene rings is 1. The number of aryl methyl sites for hydroxylation is 1. The highest BCUT2D eigenvalue weighted by molar-refractivity contribution is 9.10. The van der Waals surface area contributed by atoms with Gasteiger partial charge in [0, 0.05) is 23.8 Å². The Balaban J connectivity index is 2.05. The highest BCUT2D eigenvalue weighted by Gasteiger charge is 2.05. The van der Waals surface area contributed by atoms with Gasteiger partial charge in [0.1, 0.15) is 0 Å². The summed E-state index contributed by atoms with van der Waals surface area (Å²) < 4.78 is 2.27. The maximum Gasteiger partial charge on any atom is 0.271 e. The van der Waals surface area contributed by atoms with Gasteiger partial charge in [-0.3, -0.25) is 20.4 Å². The molecule has 0 bridgehead atoms. The number of amides is 1. The highest BCUT2D eigenvalue weighted by atomic mass is 79.9. The Morgan fingerprint density at radius 1 is 1.26 bits per heavy atom. The van der Waals surface area contributed by atoms with Crippen molar-refractivity contribution < 1.29 is 4.79 Å². The molecule has 0 aliphatic rings. The summed E-state index contributed by atoms with van der Waals surface area (Å²) >= 11 is 3.34. The lowest BCUT2D eigenvalue weighted by Gasteiger charge is -2.09. The minimum absolute atomic E-state index is 0.156. The normalized spacial score (nSPS) is 10.0. The van der Waals surface area contributed by atoms with Crippen LogP contribution in [0.4, 0.5) is 5.69 Å². The average Bonchev–Trinajstić information content (AvgIpc) is 2.39. The minimum atomic E-state index is -0.310. The van der Waals surface area contributed by atoms with Gasteiger partial charge in [0.25, 0.3) is 5.91 Å². The second-order valence-corrected chi connectivity index (χ2v) is 4.87. The molecule has 0 spiro atoms. The van der Waals surface area contributed by atoms with Crippen LogP contribution in [-0.2, 0) is 7.05 Å². The molecule has 6 heteroatoms. The molecule has 0 aliphatic heterocycles. The number of carbonyl (C=O) groups excluding carboxylic acids is 1. The lowest BCUT2D eigenvalue weighted by molar-refractivity contribution is 0.0962. The summed E-state index contributed by atoms with van der Waals surface area (Å²) in [6, 6.07) is 10.2. The molecule has 0 atom stereocenters. The molecule has 2 N–H and O–H groups in total. The van der Waals surface area contributed by atoms with Crippen molar-refractivity contribution >= 4 is 27.5 Å². The van der Waals surface area contributed by atoms with Crippen LogP contribution >= 0.6 is 15.9 Å². The van der Waals surface area contributed by atoms with Gasteiger partial charge in [0.15, 0.2) is 0 Å². The Labute approximate surface area is 118 Å². The van der Waals surface area contributed by atoms with Crippen molar-refractivity contribution in [3.05, 3.63) is 63.0 Å². The molecule has 19 heavy (non-hydrogen) atoms. The zero-order chi connectivity index (χ0) is 13.8.